The number of ether oxygens (including phenoxy) is 1. The predicted molar refractivity (Wildman–Crippen MR) is 218 cm³/mol. The summed E-state index contributed by atoms with van der Waals surface area (Å²) in [6, 6.07) is 57.0. The second-order valence-corrected chi connectivity index (χ2v) is 13.6. The van der Waals surface area contributed by atoms with E-state index in [9.17, 15) is 4.39 Å². The number of rotatable bonds is 7. The van der Waals surface area contributed by atoms with Gasteiger partial charge in [-0.15, -0.1) is 0 Å². The molecule has 0 amide bonds. The lowest BCUT2D eigenvalue weighted by Crippen LogP contribution is -2.24. The second kappa shape index (κ2) is 13.3. The second-order valence-electron chi connectivity index (χ2n) is 13.6. The lowest BCUT2D eigenvalue weighted by Gasteiger charge is -2.23. The Kier molecular flexibility index (Phi) is 7.84. The van der Waals surface area contributed by atoms with Gasteiger partial charge in [-0.3, -0.25) is 4.57 Å². The Labute approximate surface area is 316 Å². The zero-order chi connectivity index (χ0) is 36.9. The predicted octanol–water partition coefficient (Wildman–Crippen LogP) is 12.8. The van der Waals surface area contributed by atoms with E-state index in [1.165, 1.54) is 12.1 Å². The van der Waals surface area contributed by atoms with E-state index in [2.05, 4.69) is 93.3 Å². The van der Waals surface area contributed by atoms with Crippen molar-refractivity contribution in [2.75, 3.05) is 16.5 Å². The monoisotopic (exact) mass is 718 g/mol. The van der Waals surface area contributed by atoms with Gasteiger partial charge in [0, 0.05) is 40.9 Å². The number of benzene rings is 7. The first-order valence-electron chi connectivity index (χ1n) is 18.1. The number of aromatic nitrogens is 2. The molecule has 0 radical (unpaired) electrons. The molecule has 9 aromatic rings. The van der Waals surface area contributed by atoms with Crippen molar-refractivity contribution in [2.45, 2.75) is 0 Å². The van der Waals surface area contributed by atoms with Crippen LogP contribution in [0.4, 0.5) is 31.5 Å². The van der Waals surface area contributed by atoms with Crippen LogP contribution >= 0.6 is 0 Å². The third kappa shape index (κ3) is 5.83. The Balaban J connectivity index is 1.09. The molecule has 3 heterocycles. The summed E-state index contributed by atoms with van der Waals surface area (Å²) < 4.78 is 38.2. The summed E-state index contributed by atoms with van der Waals surface area (Å²) in [5.41, 5.74) is 9.17. The number of halogens is 2. The van der Waals surface area contributed by atoms with Crippen LogP contribution in [0.1, 0.15) is 0 Å². The molecule has 0 saturated carbocycles. The molecule has 0 unspecified atom stereocenters. The molecule has 0 atom stereocenters. The van der Waals surface area contributed by atoms with Crippen LogP contribution in [0.15, 0.2) is 182 Å². The maximum absolute atomic E-state index is 15.3. The van der Waals surface area contributed by atoms with Crippen LogP contribution in [0, 0.1) is 11.6 Å². The molecule has 0 N–H and O–H groups in total. The van der Waals surface area contributed by atoms with Gasteiger partial charge in [-0.1, -0.05) is 91.0 Å². The van der Waals surface area contributed by atoms with E-state index >= 15 is 4.39 Å². The lowest BCUT2D eigenvalue weighted by molar-refractivity contribution is 0.483. The van der Waals surface area contributed by atoms with E-state index in [-0.39, 0.29) is 0 Å². The van der Waals surface area contributed by atoms with Gasteiger partial charge in [0.25, 0.3) is 0 Å². The van der Waals surface area contributed by atoms with Crippen molar-refractivity contribution in [3.05, 3.63) is 194 Å². The Bertz CT molecular complexity index is 2860. The quantitative estimate of drug-likeness (QED) is 0.164. The summed E-state index contributed by atoms with van der Waals surface area (Å²) in [5.74, 6) is 0.905. The van der Waals surface area contributed by atoms with E-state index < -0.39 is 11.6 Å². The minimum absolute atomic E-state index is 0.303. The molecule has 1 aliphatic rings. The summed E-state index contributed by atoms with van der Waals surface area (Å²) in [6.45, 7) is 0.313. The number of hydrogen-bond donors (Lipinski definition) is 0. The van der Waals surface area contributed by atoms with Crippen LogP contribution < -0.4 is 14.5 Å². The zero-order valence-electron chi connectivity index (χ0n) is 29.5. The molecule has 0 aliphatic carbocycles. The standard InChI is InChI=1S/C48H32F2N4O/c49-36-21-24-44(42(50)28-36)53-31-52(45-14-6-7-15-46(45)53)37-26-35(34-19-17-33(18-20-34)32-10-2-1-3-11-32)27-39(29-37)55-38-22-23-41-40-12-4-5-13-43(40)54(47(41)30-38)48-16-8-9-25-51-48/h1-30H,31H2. The van der Waals surface area contributed by atoms with Crippen LogP contribution in [0.5, 0.6) is 11.5 Å². The third-order valence-corrected chi connectivity index (χ3v) is 10.2. The Hall–Kier alpha value is -7.25. The fraction of sp³-hybridized carbons (Fsp3) is 0.0208. The highest BCUT2D eigenvalue weighted by atomic mass is 19.1. The normalized spacial score (nSPS) is 12.4. The molecule has 2 aromatic heterocycles. The Morgan fingerprint density at radius 1 is 0.473 bits per heavy atom. The van der Waals surface area contributed by atoms with Gasteiger partial charge in [0.05, 0.1) is 28.1 Å². The molecule has 0 spiro atoms. The van der Waals surface area contributed by atoms with Gasteiger partial charge in [0.15, 0.2) is 0 Å². The minimum atomic E-state index is -0.619. The van der Waals surface area contributed by atoms with Gasteiger partial charge in [-0.05, 0) is 89.0 Å². The van der Waals surface area contributed by atoms with Crippen molar-refractivity contribution in [1.29, 1.82) is 0 Å². The van der Waals surface area contributed by atoms with Crippen molar-refractivity contribution >= 4 is 44.6 Å². The molecule has 5 nitrogen and oxygen atoms in total. The van der Waals surface area contributed by atoms with Crippen molar-refractivity contribution < 1.29 is 13.5 Å². The summed E-state index contributed by atoms with van der Waals surface area (Å²) in [5, 5.41) is 2.23. The van der Waals surface area contributed by atoms with Crippen LogP contribution in [-0.4, -0.2) is 16.2 Å². The number of anilines is 4. The van der Waals surface area contributed by atoms with E-state index in [0.29, 0.717) is 23.9 Å². The fourth-order valence-electron chi connectivity index (χ4n) is 7.67. The molecule has 0 bridgehead atoms. The van der Waals surface area contributed by atoms with Gasteiger partial charge in [0.1, 0.15) is 35.6 Å². The van der Waals surface area contributed by atoms with Crippen molar-refractivity contribution in [2.24, 2.45) is 0 Å². The summed E-state index contributed by atoms with van der Waals surface area (Å²) >= 11 is 0. The number of hydrogen-bond acceptors (Lipinski definition) is 4. The maximum atomic E-state index is 15.3. The summed E-state index contributed by atoms with van der Waals surface area (Å²) in [4.78, 5) is 8.69. The largest absolute Gasteiger partial charge is 0.457 e. The fourth-order valence-corrected chi connectivity index (χ4v) is 7.67. The van der Waals surface area contributed by atoms with E-state index in [0.717, 1.165) is 73.0 Å². The van der Waals surface area contributed by atoms with Gasteiger partial charge in [-0.2, -0.15) is 0 Å². The van der Waals surface area contributed by atoms with Crippen molar-refractivity contribution in [3.63, 3.8) is 0 Å². The Morgan fingerprint density at radius 2 is 1.16 bits per heavy atom. The first kappa shape index (κ1) is 32.4. The highest BCUT2D eigenvalue weighted by Gasteiger charge is 2.30. The number of fused-ring (bicyclic) bond motifs is 4. The smallest absolute Gasteiger partial charge is 0.149 e. The first-order valence-corrected chi connectivity index (χ1v) is 18.1. The van der Waals surface area contributed by atoms with Gasteiger partial charge >= 0.3 is 0 Å². The molecule has 55 heavy (non-hydrogen) atoms. The summed E-state index contributed by atoms with van der Waals surface area (Å²) in [7, 11) is 0. The molecular formula is C48H32F2N4O. The molecule has 264 valence electrons. The minimum Gasteiger partial charge on any atom is -0.457 e. The van der Waals surface area contributed by atoms with E-state index in [1.807, 2.05) is 83.8 Å². The average molecular weight is 719 g/mol. The van der Waals surface area contributed by atoms with Crippen LogP contribution in [-0.2, 0) is 0 Å². The maximum Gasteiger partial charge on any atom is 0.149 e. The molecule has 0 fully saturated rings. The number of nitrogens with zero attached hydrogens (tertiary/aromatic N) is 4. The van der Waals surface area contributed by atoms with Crippen molar-refractivity contribution in [1.82, 2.24) is 9.55 Å². The summed E-state index contributed by atoms with van der Waals surface area (Å²) in [6.07, 6.45) is 1.80. The van der Waals surface area contributed by atoms with Gasteiger partial charge in [0.2, 0.25) is 0 Å². The molecule has 1 aliphatic heterocycles. The SMILES string of the molecule is Fc1ccc(N2CN(c3cc(Oc4ccc5c6ccccc6n(-c6ccccn6)c5c4)cc(-c4ccc(-c5ccccc5)cc4)c3)c3ccccc32)c(F)c1. The zero-order valence-corrected chi connectivity index (χ0v) is 29.5. The Morgan fingerprint density at radius 3 is 1.95 bits per heavy atom. The van der Waals surface area contributed by atoms with E-state index in [4.69, 9.17) is 4.74 Å². The number of para-hydroxylation sites is 3. The lowest BCUT2D eigenvalue weighted by atomic mass is 9.99. The van der Waals surface area contributed by atoms with Crippen molar-refractivity contribution in [3.8, 4) is 39.6 Å². The molecular weight excluding hydrogens is 687 g/mol. The highest BCUT2D eigenvalue weighted by Crippen LogP contribution is 2.47. The first-order chi connectivity index (χ1) is 27.1. The van der Waals surface area contributed by atoms with E-state index in [1.54, 1.807) is 6.20 Å². The highest BCUT2D eigenvalue weighted by molar-refractivity contribution is 6.09. The molecule has 0 saturated heterocycles. The van der Waals surface area contributed by atoms with Crippen LogP contribution in [0.25, 0.3) is 49.9 Å². The molecule has 7 heteroatoms. The van der Waals surface area contributed by atoms with Crippen LogP contribution in [0.3, 0.4) is 0 Å². The van der Waals surface area contributed by atoms with Gasteiger partial charge in [-0.25, -0.2) is 13.8 Å². The molecule has 7 aromatic carbocycles. The molecule has 10 rings (SSSR count). The average Bonchev–Trinajstić information content (AvgIpc) is 3.77. The van der Waals surface area contributed by atoms with Gasteiger partial charge < -0.3 is 14.5 Å². The van der Waals surface area contributed by atoms with Crippen LogP contribution in [0.2, 0.25) is 0 Å². The topological polar surface area (TPSA) is 33.5 Å². The third-order valence-electron chi connectivity index (χ3n) is 10.2. The number of pyridine rings is 1.